The fourth-order valence-electron chi connectivity index (χ4n) is 2.13. The number of ketones is 1. The number of carbonyl (C=O) groups is 1. The van der Waals surface area contributed by atoms with E-state index in [1.807, 2.05) is 0 Å². The first-order valence-electron chi connectivity index (χ1n) is 7.09. The maximum absolute atomic E-state index is 12.0. The quantitative estimate of drug-likeness (QED) is 0.289. The molecule has 0 spiro atoms. The fourth-order valence-corrected chi connectivity index (χ4v) is 2.40. The predicted molar refractivity (Wildman–Crippen MR) is 88.3 cm³/mol. The molecule has 0 aliphatic heterocycles. The van der Waals surface area contributed by atoms with Gasteiger partial charge >= 0.3 is 5.69 Å². The highest BCUT2D eigenvalue weighted by Crippen LogP contribution is 2.16. The summed E-state index contributed by atoms with van der Waals surface area (Å²) in [5.41, 5.74) is 0.0700. The molecular formula is C15H12ClN5O4. The fraction of sp³-hybridized carbons (Fsp3) is 0.133. The van der Waals surface area contributed by atoms with Crippen LogP contribution in [0.2, 0.25) is 5.02 Å². The van der Waals surface area contributed by atoms with Gasteiger partial charge in [0, 0.05) is 13.2 Å². The number of hydrogen-bond acceptors (Lipinski definition) is 6. The van der Waals surface area contributed by atoms with Gasteiger partial charge in [-0.2, -0.15) is 10.2 Å². The Hall–Kier alpha value is -3.20. The van der Waals surface area contributed by atoms with Crippen LogP contribution in [0.5, 0.6) is 0 Å². The molecule has 0 aliphatic carbocycles. The van der Waals surface area contributed by atoms with Crippen molar-refractivity contribution >= 4 is 29.1 Å². The number of furan rings is 1. The van der Waals surface area contributed by atoms with Crippen LogP contribution in [0.15, 0.2) is 41.2 Å². The van der Waals surface area contributed by atoms with Crippen LogP contribution in [-0.4, -0.2) is 30.3 Å². The van der Waals surface area contributed by atoms with Crippen LogP contribution in [0.3, 0.4) is 0 Å². The molecule has 3 rings (SSSR count). The number of aromatic nitrogens is 4. The zero-order valence-corrected chi connectivity index (χ0v) is 13.8. The molecule has 0 fully saturated rings. The van der Waals surface area contributed by atoms with E-state index >= 15 is 0 Å². The van der Waals surface area contributed by atoms with Gasteiger partial charge in [0.2, 0.25) is 5.78 Å². The Morgan fingerprint density at radius 3 is 2.88 bits per heavy atom. The Labute approximate surface area is 146 Å². The molecule has 3 heterocycles. The molecule has 0 aliphatic rings. The first kappa shape index (κ1) is 16.7. The minimum Gasteiger partial charge on any atom is -0.460 e. The standard InChI is InChI=1S/C15H12ClN5O4/c1-19-9-13(16)15(18-19)14(22)5-4-11-2-3-12(25-11)8-20-7-10(6-17-20)21(23)24/h2-7,9H,8H2,1H3/b5-4+. The molecule has 0 saturated carbocycles. The Kier molecular flexibility index (Phi) is 4.48. The van der Waals surface area contributed by atoms with Crippen molar-refractivity contribution in [2.75, 3.05) is 0 Å². The predicted octanol–water partition coefficient (Wildman–Crippen LogP) is 2.72. The Morgan fingerprint density at radius 2 is 2.24 bits per heavy atom. The minimum atomic E-state index is -0.520. The van der Waals surface area contributed by atoms with Gasteiger partial charge in [-0.3, -0.25) is 24.3 Å². The molecule has 0 unspecified atom stereocenters. The average Bonchev–Trinajstić information content (AvgIpc) is 3.26. The maximum atomic E-state index is 12.0. The van der Waals surface area contributed by atoms with Gasteiger partial charge < -0.3 is 4.42 Å². The molecule has 25 heavy (non-hydrogen) atoms. The van der Waals surface area contributed by atoms with Crippen molar-refractivity contribution in [1.82, 2.24) is 19.6 Å². The van der Waals surface area contributed by atoms with Crippen LogP contribution in [0.25, 0.3) is 6.08 Å². The third-order valence-electron chi connectivity index (χ3n) is 3.25. The van der Waals surface area contributed by atoms with Crippen LogP contribution < -0.4 is 0 Å². The van der Waals surface area contributed by atoms with E-state index in [0.29, 0.717) is 11.5 Å². The van der Waals surface area contributed by atoms with Crippen molar-refractivity contribution in [2.45, 2.75) is 6.54 Å². The van der Waals surface area contributed by atoms with E-state index < -0.39 is 4.92 Å². The molecule has 0 N–H and O–H groups in total. The normalized spacial score (nSPS) is 11.3. The number of hydrogen-bond donors (Lipinski definition) is 0. The van der Waals surface area contributed by atoms with Crippen LogP contribution >= 0.6 is 11.6 Å². The summed E-state index contributed by atoms with van der Waals surface area (Å²) in [4.78, 5) is 22.2. The van der Waals surface area contributed by atoms with Crippen molar-refractivity contribution in [3.05, 3.63) is 69.2 Å². The molecule has 0 bridgehead atoms. The summed E-state index contributed by atoms with van der Waals surface area (Å²) in [6, 6.07) is 3.38. The van der Waals surface area contributed by atoms with Crippen LogP contribution in [0.1, 0.15) is 22.0 Å². The lowest BCUT2D eigenvalue weighted by atomic mass is 10.2. The summed E-state index contributed by atoms with van der Waals surface area (Å²) >= 11 is 5.92. The summed E-state index contributed by atoms with van der Waals surface area (Å²) in [5, 5.41) is 18.8. The highest BCUT2D eigenvalue weighted by Gasteiger charge is 2.13. The van der Waals surface area contributed by atoms with E-state index in [1.54, 1.807) is 19.2 Å². The molecule has 0 radical (unpaired) electrons. The number of carbonyl (C=O) groups excluding carboxylic acids is 1. The van der Waals surface area contributed by atoms with Gasteiger partial charge in [-0.05, 0) is 24.3 Å². The molecule has 0 amide bonds. The first-order valence-corrected chi connectivity index (χ1v) is 7.47. The van der Waals surface area contributed by atoms with Crippen molar-refractivity contribution in [3.63, 3.8) is 0 Å². The molecule has 0 saturated heterocycles. The van der Waals surface area contributed by atoms with Gasteiger partial charge in [-0.25, -0.2) is 0 Å². The number of halogens is 1. The topological polar surface area (TPSA) is 109 Å². The summed E-state index contributed by atoms with van der Waals surface area (Å²) in [7, 11) is 1.67. The Bertz CT molecular complexity index is 968. The second-order valence-electron chi connectivity index (χ2n) is 5.15. The lowest BCUT2D eigenvalue weighted by molar-refractivity contribution is -0.385. The number of rotatable bonds is 6. The molecule has 3 aromatic rings. The smallest absolute Gasteiger partial charge is 0.307 e. The highest BCUT2D eigenvalue weighted by atomic mass is 35.5. The summed E-state index contributed by atoms with van der Waals surface area (Å²) in [6.45, 7) is 0.238. The number of nitro groups is 1. The lowest BCUT2D eigenvalue weighted by Crippen LogP contribution is -1.98. The van der Waals surface area contributed by atoms with E-state index in [4.69, 9.17) is 16.0 Å². The van der Waals surface area contributed by atoms with Gasteiger partial charge in [-0.15, -0.1) is 0 Å². The van der Waals surface area contributed by atoms with Crippen molar-refractivity contribution in [2.24, 2.45) is 7.05 Å². The van der Waals surface area contributed by atoms with Gasteiger partial charge in [0.15, 0.2) is 5.69 Å². The second kappa shape index (κ2) is 6.73. The van der Waals surface area contributed by atoms with Crippen molar-refractivity contribution in [1.29, 1.82) is 0 Å². The number of allylic oxidation sites excluding steroid dienone is 1. The van der Waals surface area contributed by atoms with Gasteiger partial charge in [0.25, 0.3) is 0 Å². The van der Waals surface area contributed by atoms with E-state index in [9.17, 15) is 14.9 Å². The Balaban J connectivity index is 1.67. The van der Waals surface area contributed by atoms with E-state index in [-0.39, 0.29) is 28.7 Å². The monoisotopic (exact) mass is 361 g/mol. The van der Waals surface area contributed by atoms with E-state index in [0.717, 1.165) is 0 Å². The zero-order chi connectivity index (χ0) is 18.0. The molecule has 3 aromatic heterocycles. The third-order valence-corrected chi connectivity index (χ3v) is 3.52. The highest BCUT2D eigenvalue weighted by molar-refractivity contribution is 6.34. The SMILES string of the molecule is Cn1cc(Cl)c(C(=O)/C=C/c2ccc(Cn3cc([N+](=O)[O-])cn3)o2)n1. The minimum absolute atomic E-state index is 0.0930. The van der Waals surface area contributed by atoms with Crippen molar-refractivity contribution in [3.8, 4) is 0 Å². The summed E-state index contributed by atoms with van der Waals surface area (Å²) in [5.74, 6) is 0.657. The van der Waals surface area contributed by atoms with Crippen LogP contribution in [0, 0.1) is 10.1 Å². The average molecular weight is 362 g/mol. The molecular weight excluding hydrogens is 350 g/mol. The molecule has 0 atom stereocenters. The number of aryl methyl sites for hydroxylation is 1. The number of nitrogens with zero attached hydrogens (tertiary/aromatic N) is 5. The van der Waals surface area contributed by atoms with Crippen LogP contribution in [0.4, 0.5) is 5.69 Å². The van der Waals surface area contributed by atoms with E-state index in [2.05, 4.69) is 10.2 Å². The maximum Gasteiger partial charge on any atom is 0.307 e. The van der Waals surface area contributed by atoms with Crippen LogP contribution in [-0.2, 0) is 13.6 Å². The lowest BCUT2D eigenvalue weighted by Gasteiger charge is -1.96. The second-order valence-corrected chi connectivity index (χ2v) is 5.56. The summed E-state index contributed by atoms with van der Waals surface area (Å²) < 4.78 is 8.40. The van der Waals surface area contributed by atoms with Gasteiger partial charge in [-0.1, -0.05) is 11.6 Å². The molecule has 128 valence electrons. The van der Waals surface area contributed by atoms with E-state index in [1.165, 1.54) is 40.1 Å². The van der Waals surface area contributed by atoms with Gasteiger partial charge in [0.1, 0.15) is 23.9 Å². The molecule has 9 nitrogen and oxygen atoms in total. The zero-order valence-electron chi connectivity index (χ0n) is 13.0. The largest absolute Gasteiger partial charge is 0.460 e. The molecule has 10 heteroatoms. The third kappa shape index (κ3) is 3.83. The van der Waals surface area contributed by atoms with Crippen molar-refractivity contribution < 1.29 is 14.1 Å². The Morgan fingerprint density at radius 1 is 1.44 bits per heavy atom. The first-order chi connectivity index (χ1) is 11.9. The molecule has 0 aromatic carbocycles. The summed E-state index contributed by atoms with van der Waals surface area (Å²) in [6.07, 6.45) is 6.83. The van der Waals surface area contributed by atoms with Gasteiger partial charge in [0.05, 0.1) is 16.5 Å².